The number of hydrogen-bond donors (Lipinski definition) is 0. The van der Waals surface area contributed by atoms with Crippen LogP contribution >= 0.6 is 0 Å². The molecule has 0 bridgehead atoms. The molecular formula is C17H25NO. The third-order valence-corrected chi connectivity index (χ3v) is 5.17. The van der Waals surface area contributed by atoms with E-state index in [2.05, 4.69) is 30.1 Å². The van der Waals surface area contributed by atoms with Crippen molar-refractivity contribution in [3.8, 4) is 5.75 Å². The van der Waals surface area contributed by atoms with E-state index in [1.165, 1.54) is 44.1 Å². The van der Waals surface area contributed by atoms with Crippen LogP contribution in [-0.4, -0.2) is 25.1 Å². The molecule has 1 aliphatic heterocycles. The van der Waals surface area contributed by atoms with E-state index in [9.17, 15) is 0 Å². The minimum absolute atomic E-state index is 0.578. The summed E-state index contributed by atoms with van der Waals surface area (Å²) < 4.78 is 5.37. The fraction of sp³-hybridized carbons (Fsp3) is 0.647. The number of fused-ring (bicyclic) bond motifs is 1. The molecule has 2 fully saturated rings. The van der Waals surface area contributed by atoms with Gasteiger partial charge in [-0.05, 0) is 56.3 Å². The van der Waals surface area contributed by atoms with Crippen LogP contribution in [0, 0.1) is 5.92 Å². The molecule has 3 atom stereocenters. The molecular weight excluding hydrogens is 234 g/mol. The first-order chi connectivity index (χ1) is 9.29. The number of hydrogen-bond acceptors (Lipinski definition) is 2. The van der Waals surface area contributed by atoms with Gasteiger partial charge in [-0.15, -0.1) is 0 Å². The highest BCUT2D eigenvalue weighted by Crippen LogP contribution is 2.42. The van der Waals surface area contributed by atoms with E-state index >= 15 is 0 Å². The third kappa shape index (κ3) is 2.51. The van der Waals surface area contributed by atoms with E-state index in [1.807, 2.05) is 6.07 Å². The number of piperidine rings is 1. The van der Waals surface area contributed by atoms with Crippen molar-refractivity contribution in [2.45, 2.75) is 50.6 Å². The molecule has 1 saturated carbocycles. The summed E-state index contributed by atoms with van der Waals surface area (Å²) in [4.78, 5) is 2.64. The van der Waals surface area contributed by atoms with Crippen LogP contribution in [0.5, 0.6) is 5.75 Å². The van der Waals surface area contributed by atoms with Crippen LogP contribution < -0.4 is 4.74 Å². The Hall–Kier alpha value is -1.02. The van der Waals surface area contributed by atoms with Gasteiger partial charge in [0, 0.05) is 12.1 Å². The summed E-state index contributed by atoms with van der Waals surface area (Å²) in [7, 11) is 4.08. The quantitative estimate of drug-likeness (QED) is 0.795. The van der Waals surface area contributed by atoms with Gasteiger partial charge in [-0.25, -0.2) is 0 Å². The van der Waals surface area contributed by atoms with Crippen molar-refractivity contribution < 1.29 is 4.74 Å². The lowest BCUT2D eigenvalue weighted by Crippen LogP contribution is -2.46. The second-order valence-electron chi connectivity index (χ2n) is 6.15. The maximum Gasteiger partial charge on any atom is 0.119 e. The van der Waals surface area contributed by atoms with Gasteiger partial charge >= 0.3 is 0 Å². The average Bonchev–Trinajstić information content (AvgIpc) is 2.48. The van der Waals surface area contributed by atoms with E-state index in [1.54, 1.807) is 7.11 Å². The van der Waals surface area contributed by atoms with Crippen molar-refractivity contribution in [3.05, 3.63) is 29.8 Å². The summed E-state index contributed by atoms with van der Waals surface area (Å²) >= 11 is 0. The summed E-state index contributed by atoms with van der Waals surface area (Å²) in [5, 5.41) is 0. The minimum atomic E-state index is 0.578. The predicted molar refractivity (Wildman–Crippen MR) is 78.5 cm³/mol. The second-order valence-corrected chi connectivity index (χ2v) is 6.15. The molecule has 2 nitrogen and oxygen atoms in total. The summed E-state index contributed by atoms with van der Waals surface area (Å²) in [6.45, 7) is 0. The second kappa shape index (κ2) is 5.54. The van der Waals surface area contributed by atoms with Gasteiger partial charge in [0.15, 0.2) is 0 Å². The lowest BCUT2D eigenvalue weighted by molar-refractivity contribution is 0.0363. The Balaban J connectivity index is 1.80. The monoisotopic (exact) mass is 259 g/mol. The summed E-state index contributed by atoms with van der Waals surface area (Å²) in [5.41, 5.74) is 1.42. The molecule has 2 aliphatic rings. The van der Waals surface area contributed by atoms with Crippen molar-refractivity contribution in [2.24, 2.45) is 5.92 Å². The van der Waals surface area contributed by atoms with Crippen molar-refractivity contribution in [2.75, 3.05) is 14.2 Å². The van der Waals surface area contributed by atoms with Crippen molar-refractivity contribution in [1.82, 2.24) is 4.90 Å². The molecule has 1 aromatic rings. The standard InChI is InChI=1S/C17H25NO/c1-18-16-9-4-3-6-13(16)10-11-17(18)14-7-5-8-15(12-14)19-2/h5,7-8,12-13,16-17H,3-4,6,9-11H2,1-2H3/t13-,16-,17+/m1/s1. The highest BCUT2D eigenvalue weighted by atomic mass is 16.5. The zero-order valence-electron chi connectivity index (χ0n) is 12.1. The number of ether oxygens (including phenoxy) is 1. The van der Waals surface area contributed by atoms with E-state index in [0.29, 0.717) is 6.04 Å². The van der Waals surface area contributed by atoms with Gasteiger partial charge < -0.3 is 4.74 Å². The van der Waals surface area contributed by atoms with Gasteiger partial charge in [0.1, 0.15) is 5.75 Å². The fourth-order valence-corrected chi connectivity index (χ4v) is 4.12. The predicted octanol–water partition coefficient (Wildman–Crippen LogP) is 4.02. The SMILES string of the molecule is COc1cccc([C@@H]2CC[C@H]3CCCC[C@H]3N2C)c1. The smallest absolute Gasteiger partial charge is 0.119 e. The Morgan fingerprint density at radius 3 is 2.79 bits per heavy atom. The van der Waals surface area contributed by atoms with Crippen LogP contribution in [0.25, 0.3) is 0 Å². The summed E-state index contributed by atoms with van der Waals surface area (Å²) in [6.07, 6.45) is 8.39. The third-order valence-electron chi connectivity index (χ3n) is 5.17. The first-order valence-corrected chi connectivity index (χ1v) is 7.65. The van der Waals surface area contributed by atoms with Gasteiger partial charge in [0.25, 0.3) is 0 Å². The summed E-state index contributed by atoms with van der Waals surface area (Å²) in [5.74, 6) is 1.93. The zero-order chi connectivity index (χ0) is 13.2. The van der Waals surface area contributed by atoms with Gasteiger partial charge in [-0.2, -0.15) is 0 Å². The maximum atomic E-state index is 5.37. The first kappa shape index (κ1) is 13.0. The molecule has 0 N–H and O–H groups in total. The number of methoxy groups -OCH3 is 1. The fourth-order valence-electron chi connectivity index (χ4n) is 4.12. The molecule has 1 saturated heterocycles. The molecule has 0 amide bonds. The molecule has 0 spiro atoms. The minimum Gasteiger partial charge on any atom is -0.497 e. The number of likely N-dealkylation sites (tertiary alicyclic amines) is 1. The Morgan fingerprint density at radius 2 is 1.95 bits per heavy atom. The van der Waals surface area contributed by atoms with Crippen molar-refractivity contribution >= 4 is 0 Å². The molecule has 2 heteroatoms. The van der Waals surface area contributed by atoms with Crippen LogP contribution in [0.15, 0.2) is 24.3 Å². The number of rotatable bonds is 2. The average molecular weight is 259 g/mol. The van der Waals surface area contributed by atoms with E-state index in [4.69, 9.17) is 4.74 Å². The lowest BCUT2D eigenvalue weighted by Gasteiger charge is -2.47. The highest BCUT2D eigenvalue weighted by molar-refractivity contribution is 5.31. The molecule has 104 valence electrons. The van der Waals surface area contributed by atoms with Gasteiger partial charge in [0.05, 0.1) is 7.11 Å². The largest absolute Gasteiger partial charge is 0.497 e. The molecule has 1 heterocycles. The molecule has 1 aromatic carbocycles. The van der Waals surface area contributed by atoms with Gasteiger partial charge in [-0.3, -0.25) is 4.90 Å². The van der Waals surface area contributed by atoms with Crippen LogP contribution in [0.4, 0.5) is 0 Å². The molecule has 19 heavy (non-hydrogen) atoms. The van der Waals surface area contributed by atoms with Crippen molar-refractivity contribution in [3.63, 3.8) is 0 Å². The van der Waals surface area contributed by atoms with Crippen LogP contribution in [-0.2, 0) is 0 Å². The van der Waals surface area contributed by atoms with Crippen LogP contribution in [0.3, 0.4) is 0 Å². The highest BCUT2D eigenvalue weighted by Gasteiger charge is 2.36. The maximum absolute atomic E-state index is 5.37. The van der Waals surface area contributed by atoms with Crippen LogP contribution in [0.1, 0.15) is 50.1 Å². The normalized spacial score (nSPS) is 31.8. The molecule has 3 rings (SSSR count). The molecule has 0 aromatic heterocycles. The van der Waals surface area contributed by atoms with E-state index < -0.39 is 0 Å². The lowest BCUT2D eigenvalue weighted by atomic mass is 9.75. The number of benzene rings is 1. The Kier molecular flexibility index (Phi) is 3.79. The topological polar surface area (TPSA) is 12.5 Å². The zero-order valence-corrected chi connectivity index (χ0v) is 12.1. The molecule has 0 unspecified atom stereocenters. The molecule has 1 aliphatic carbocycles. The van der Waals surface area contributed by atoms with E-state index in [0.717, 1.165) is 17.7 Å². The number of nitrogens with zero attached hydrogens (tertiary/aromatic N) is 1. The molecule has 0 radical (unpaired) electrons. The van der Waals surface area contributed by atoms with Gasteiger partial charge in [-0.1, -0.05) is 25.0 Å². The van der Waals surface area contributed by atoms with Gasteiger partial charge in [0.2, 0.25) is 0 Å². The first-order valence-electron chi connectivity index (χ1n) is 7.65. The van der Waals surface area contributed by atoms with Crippen molar-refractivity contribution in [1.29, 1.82) is 0 Å². The van der Waals surface area contributed by atoms with Crippen LogP contribution in [0.2, 0.25) is 0 Å². The Labute approximate surface area is 116 Å². The van der Waals surface area contributed by atoms with E-state index in [-0.39, 0.29) is 0 Å². The Morgan fingerprint density at radius 1 is 1.11 bits per heavy atom. The Bertz CT molecular complexity index is 431. The summed E-state index contributed by atoms with van der Waals surface area (Å²) in [6, 6.07) is 10.0.